The van der Waals surface area contributed by atoms with Crippen LogP contribution in [0.4, 0.5) is 11.4 Å². The van der Waals surface area contributed by atoms with Gasteiger partial charge in [-0.25, -0.2) is 4.98 Å². The van der Waals surface area contributed by atoms with E-state index in [1.807, 2.05) is 17.8 Å². The lowest BCUT2D eigenvalue weighted by atomic mass is 10.1. The van der Waals surface area contributed by atoms with Gasteiger partial charge in [0.2, 0.25) is 0 Å². The lowest BCUT2D eigenvalue weighted by Gasteiger charge is -2.09. The Morgan fingerprint density at radius 1 is 1.26 bits per heavy atom. The van der Waals surface area contributed by atoms with Crippen LogP contribution >= 0.6 is 0 Å². The van der Waals surface area contributed by atoms with E-state index in [0.29, 0.717) is 23.6 Å². The fourth-order valence-electron chi connectivity index (χ4n) is 2.44. The minimum atomic E-state index is -0.497. The Morgan fingerprint density at radius 2 is 2.00 bits per heavy atom. The van der Waals surface area contributed by atoms with E-state index in [2.05, 4.69) is 10.3 Å². The van der Waals surface area contributed by atoms with Crippen molar-refractivity contribution in [3.63, 3.8) is 0 Å². The number of ether oxygens (including phenoxy) is 1. The molecule has 1 amide bonds. The zero-order valence-corrected chi connectivity index (χ0v) is 14.9. The number of aromatic nitrogens is 2. The predicted molar refractivity (Wildman–Crippen MR) is 99.8 cm³/mol. The maximum Gasteiger partial charge on any atom is 0.271 e. The third-order valence-corrected chi connectivity index (χ3v) is 4.09. The van der Waals surface area contributed by atoms with Gasteiger partial charge in [0.15, 0.2) is 0 Å². The van der Waals surface area contributed by atoms with Crippen molar-refractivity contribution in [3.8, 4) is 5.75 Å². The van der Waals surface area contributed by atoms with Crippen molar-refractivity contribution in [2.24, 2.45) is 7.05 Å². The number of non-ortho nitro benzene ring substituents is 1. The van der Waals surface area contributed by atoms with Gasteiger partial charge in [-0.05, 0) is 36.8 Å². The molecule has 0 radical (unpaired) electrons. The van der Waals surface area contributed by atoms with Crippen molar-refractivity contribution in [3.05, 3.63) is 81.9 Å². The van der Waals surface area contributed by atoms with E-state index < -0.39 is 4.92 Å². The average Bonchev–Trinajstić information content (AvgIpc) is 3.07. The molecule has 0 fully saturated rings. The summed E-state index contributed by atoms with van der Waals surface area (Å²) in [7, 11) is 1.88. The standard InChI is InChI=1S/C19H18N4O4/c1-13-3-6-15(23(25)26)11-17(13)21-19(24)14-4-7-16(8-5-14)27-12-18-20-9-10-22(18)2/h3-11H,12H2,1-2H3,(H,21,24). The molecule has 27 heavy (non-hydrogen) atoms. The number of carbonyl (C=O) groups is 1. The summed E-state index contributed by atoms with van der Waals surface area (Å²) in [6.07, 6.45) is 3.53. The van der Waals surface area contributed by atoms with Crippen molar-refractivity contribution in [1.82, 2.24) is 9.55 Å². The maximum atomic E-state index is 12.4. The van der Waals surface area contributed by atoms with E-state index >= 15 is 0 Å². The number of imidazole rings is 1. The van der Waals surface area contributed by atoms with Crippen molar-refractivity contribution in [2.45, 2.75) is 13.5 Å². The Morgan fingerprint density at radius 3 is 2.63 bits per heavy atom. The number of hydrogen-bond acceptors (Lipinski definition) is 5. The van der Waals surface area contributed by atoms with Crippen LogP contribution in [0.5, 0.6) is 5.75 Å². The van der Waals surface area contributed by atoms with Crippen molar-refractivity contribution in [2.75, 3.05) is 5.32 Å². The molecule has 138 valence electrons. The maximum absolute atomic E-state index is 12.4. The molecular formula is C19H18N4O4. The molecule has 0 saturated heterocycles. The molecule has 0 atom stereocenters. The third-order valence-electron chi connectivity index (χ3n) is 4.09. The summed E-state index contributed by atoms with van der Waals surface area (Å²) in [5.74, 6) is 1.05. The van der Waals surface area contributed by atoms with E-state index in [1.54, 1.807) is 43.5 Å². The van der Waals surface area contributed by atoms with Crippen molar-refractivity contribution in [1.29, 1.82) is 0 Å². The van der Waals surface area contributed by atoms with Gasteiger partial charge in [-0.1, -0.05) is 6.07 Å². The van der Waals surface area contributed by atoms with Crippen LogP contribution in [-0.2, 0) is 13.7 Å². The Labute approximate surface area is 155 Å². The van der Waals surface area contributed by atoms with Crippen LogP contribution in [-0.4, -0.2) is 20.4 Å². The first-order chi connectivity index (χ1) is 12.9. The summed E-state index contributed by atoms with van der Waals surface area (Å²) in [5.41, 5.74) is 1.49. The van der Waals surface area contributed by atoms with E-state index in [-0.39, 0.29) is 11.6 Å². The average molecular weight is 366 g/mol. The highest BCUT2D eigenvalue weighted by molar-refractivity contribution is 6.04. The van der Waals surface area contributed by atoms with Crippen LogP contribution in [0.15, 0.2) is 54.9 Å². The third kappa shape index (κ3) is 4.30. The van der Waals surface area contributed by atoms with Crippen LogP contribution in [0, 0.1) is 17.0 Å². The number of rotatable bonds is 6. The van der Waals surface area contributed by atoms with E-state index in [4.69, 9.17) is 4.74 Å². The molecule has 3 aromatic rings. The zero-order chi connectivity index (χ0) is 19.4. The molecule has 0 aliphatic rings. The highest BCUT2D eigenvalue weighted by Crippen LogP contribution is 2.23. The van der Waals surface area contributed by atoms with Crippen LogP contribution < -0.4 is 10.1 Å². The molecule has 1 heterocycles. The summed E-state index contributed by atoms with van der Waals surface area (Å²) < 4.78 is 7.52. The monoisotopic (exact) mass is 366 g/mol. The molecule has 0 saturated carbocycles. The second-order valence-corrected chi connectivity index (χ2v) is 5.98. The summed E-state index contributed by atoms with van der Waals surface area (Å²) in [5, 5.41) is 13.6. The number of aryl methyl sites for hydroxylation is 2. The highest BCUT2D eigenvalue weighted by Gasteiger charge is 2.12. The SMILES string of the molecule is Cc1ccc([N+](=O)[O-])cc1NC(=O)c1ccc(OCc2nccn2C)cc1. The number of anilines is 1. The molecule has 0 aliphatic carbocycles. The first kappa shape index (κ1) is 18.1. The first-order valence-corrected chi connectivity index (χ1v) is 8.19. The summed E-state index contributed by atoms with van der Waals surface area (Å²) in [4.78, 5) is 27.0. The van der Waals surface area contributed by atoms with E-state index in [0.717, 1.165) is 11.4 Å². The summed E-state index contributed by atoms with van der Waals surface area (Å²) in [6.45, 7) is 2.09. The quantitative estimate of drug-likeness (QED) is 0.532. The molecule has 1 aromatic heterocycles. The number of amides is 1. The van der Waals surface area contributed by atoms with Crippen LogP contribution in [0.25, 0.3) is 0 Å². The number of benzene rings is 2. The van der Waals surface area contributed by atoms with Gasteiger partial charge in [0, 0.05) is 37.1 Å². The van der Waals surface area contributed by atoms with Gasteiger partial charge in [-0.15, -0.1) is 0 Å². The molecule has 1 N–H and O–H groups in total. The Bertz CT molecular complexity index is 980. The number of nitro groups is 1. The predicted octanol–water partition coefficient (Wildman–Crippen LogP) is 3.47. The second kappa shape index (κ2) is 7.69. The van der Waals surface area contributed by atoms with Gasteiger partial charge in [0.1, 0.15) is 18.2 Å². The number of carbonyl (C=O) groups excluding carboxylic acids is 1. The number of nitrogens with one attached hydrogen (secondary N) is 1. The topological polar surface area (TPSA) is 99.3 Å². The molecule has 0 spiro atoms. The first-order valence-electron chi connectivity index (χ1n) is 8.19. The lowest BCUT2D eigenvalue weighted by molar-refractivity contribution is -0.384. The molecule has 0 bridgehead atoms. The van der Waals surface area contributed by atoms with Crippen molar-refractivity contribution < 1.29 is 14.5 Å². The number of hydrogen-bond donors (Lipinski definition) is 1. The van der Waals surface area contributed by atoms with Gasteiger partial charge in [-0.2, -0.15) is 0 Å². The van der Waals surface area contributed by atoms with Gasteiger partial charge in [-0.3, -0.25) is 14.9 Å². The molecule has 8 nitrogen and oxygen atoms in total. The lowest BCUT2D eigenvalue weighted by Crippen LogP contribution is -2.13. The fourth-order valence-corrected chi connectivity index (χ4v) is 2.44. The second-order valence-electron chi connectivity index (χ2n) is 5.98. The molecule has 0 unspecified atom stereocenters. The normalized spacial score (nSPS) is 10.4. The Kier molecular flexibility index (Phi) is 5.16. The van der Waals surface area contributed by atoms with Gasteiger partial charge < -0.3 is 14.6 Å². The molecule has 8 heteroatoms. The smallest absolute Gasteiger partial charge is 0.271 e. The number of nitro benzene ring substituents is 1. The Balaban J connectivity index is 1.66. The largest absolute Gasteiger partial charge is 0.486 e. The van der Waals surface area contributed by atoms with Crippen LogP contribution in [0.3, 0.4) is 0 Å². The molecule has 2 aromatic carbocycles. The van der Waals surface area contributed by atoms with Crippen molar-refractivity contribution >= 4 is 17.3 Å². The minimum absolute atomic E-state index is 0.0751. The Hall–Kier alpha value is -3.68. The molecule has 0 aliphatic heterocycles. The van der Waals surface area contributed by atoms with E-state index in [1.165, 1.54) is 12.1 Å². The van der Waals surface area contributed by atoms with Gasteiger partial charge >= 0.3 is 0 Å². The molecular weight excluding hydrogens is 348 g/mol. The molecule has 3 rings (SSSR count). The van der Waals surface area contributed by atoms with Gasteiger partial charge in [0.05, 0.1) is 10.6 Å². The van der Waals surface area contributed by atoms with Crippen LogP contribution in [0.2, 0.25) is 0 Å². The van der Waals surface area contributed by atoms with E-state index in [9.17, 15) is 14.9 Å². The number of nitrogens with zero attached hydrogens (tertiary/aromatic N) is 3. The zero-order valence-electron chi connectivity index (χ0n) is 14.9. The van der Waals surface area contributed by atoms with Gasteiger partial charge in [0.25, 0.3) is 11.6 Å². The fraction of sp³-hybridized carbons (Fsp3) is 0.158. The summed E-state index contributed by atoms with van der Waals surface area (Å²) in [6, 6.07) is 11.0. The summed E-state index contributed by atoms with van der Waals surface area (Å²) >= 11 is 0. The highest BCUT2D eigenvalue weighted by atomic mass is 16.6. The van der Waals surface area contributed by atoms with Crippen LogP contribution in [0.1, 0.15) is 21.7 Å². The minimum Gasteiger partial charge on any atom is -0.486 e.